The van der Waals surface area contributed by atoms with Crippen LogP contribution in [0.3, 0.4) is 0 Å². The van der Waals surface area contributed by atoms with Gasteiger partial charge >= 0.3 is 4.87 Å². The average molecular weight is 464 g/mol. The summed E-state index contributed by atoms with van der Waals surface area (Å²) in [5.41, 5.74) is 1.53. The highest BCUT2D eigenvalue weighted by Crippen LogP contribution is 2.35. The Labute approximate surface area is 182 Å². The van der Waals surface area contributed by atoms with Gasteiger partial charge in [-0.15, -0.1) is 0 Å². The smallest absolute Gasteiger partial charge is 0.307 e. The van der Waals surface area contributed by atoms with Crippen LogP contribution in [0.15, 0.2) is 41.2 Å². The second kappa shape index (κ2) is 7.89. The van der Waals surface area contributed by atoms with Gasteiger partial charge in [-0.05, 0) is 37.3 Å². The maximum atomic E-state index is 12.9. The molecule has 0 saturated carbocycles. The van der Waals surface area contributed by atoms with E-state index in [9.17, 15) is 18.0 Å². The topological polar surface area (TPSA) is 107 Å². The van der Waals surface area contributed by atoms with Crippen molar-refractivity contribution in [3.63, 3.8) is 0 Å². The molecular formula is C20H21N3O6S2. The number of hydrogen-bond acceptors (Lipinski definition) is 7. The molecule has 0 unspecified atom stereocenters. The van der Waals surface area contributed by atoms with Gasteiger partial charge in [-0.1, -0.05) is 11.3 Å². The number of thiazole rings is 1. The summed E-state index contributed by atoms with van der Waals surface area (Å²) in [5.74, 6) is 0.438. The molecule has 1 amide bonds. The molecule has 11 heteroatoms. The Hall–Kier alpha value is -3.05. The van der Waals surface area contributed by atoms with Gasteiger partial charge in [0.1, 0.15) is 19.3 Å². The fourth-order valence-corrected chi connectivity index (χ4v) is 5.52. The van der Waals surface area contributed by atoms with Crippen molar-refractivity contribution in [2.45, 2.75) is 13.0 Å². The van der Waals surface area contributed by atoms with E-state index in [2.05, 4.69) is 5.32 Å². The summed E-state index contributed by atoms with van der Waals surface area (Å²) in [6.45, 7) is 2.29. The molecule has 0 spiro atoms. The number of ether oxygens (including phenoxy) is 2. The van der Waals surface area contributed by atoms with Crippen molar-refractivity contribution >= 4 is 48.9 Å². The van der Waals surface area contributed by atoms with Crippen LogP contribution >= 0.6 is 11.3 Å². The summed E-state index contributed by atoms with van der Waals surface area (Å²) >= 11 is 1.07. The van der Waals surface area contributed by atoms with Crippen molar-refractivity contribution in [1.29, 1.82) is 0 Å². The second-order valence-corrected chi connectivity index (χ2v) is 10.0. The van der Waals surface area contributed by atoms with E-state index < -0.39 is 22.0 Å². The van der Waals surface area contributed by atoms with E-state index in [4.69, 9.17) is 9.47 Å². The first-order valence-electron chi connectivity index (χ1n) is 9.44. The SMILES string of the molecule is C[C@H](C(=O)Nc1ccc2c(c1)sc(=O)n2C)N(c1ccc2c(c1)OCCO2)S(C)(=O)=O. The summed E-state index contributed by atoms with van der Waals surface area (Å²) in [4.78, 5) is 24.7. The van der Waals surface area contributed by atoms with Crippen molar-refractivity contribution in [1.82, 2.24) is 4.57 Å². The normalized spacial score (nSPS) is 14.3. The van der Waals surface area contributed by atoms with Gasteiger partial charge in [0.05, 0.1) is 22.2 Å². The van der Waals surface area contributed by atoms with E-state index in [1.54, 1.807) is 43.4 Å². The molecule has 3 aromatic rings. The van der Waals surface area contributed by atoms with Crippen LogP contribution in [0.4, 0.5) is 11.4 Å². The lowest BCUT2D eigenvalue weighted by atomic mass is 10.2. The Bertz CT molecular complexity index is 1330. The van der Waals surface area contributed by atoms with Crippen LogP contribution in [0.2, 0.25) is 0 Å². The zero-order chi connectivity index (χ0) is 22.3. The minimum absolute atomic E-state index is 0.103. The predicted octanol–water partition coefficient (Wildman–Crippen LogP) is 2.16. The number of aromatic nitrogens is 1. The van der Waals surface area contributed by atoms with Crippen LogP contribution < -0.4 is 24.0 Å². The lowest BCUT2D eigenvalue weighted by Crippen LogP contribution is -2.45. The minimum Gasteiger partial charge on any atom is -0.486 e. The van der Waals surface area contributed by atoms with E-state index in [1.165, 1.54) is 11.5 Å². The number of fused-ring (bicyclic) bond motifs is 2. The van der Waals surface area contributed by atoms with E-state index in [-0.39, 0.29) is 4.87 Å². The van der Waals surface area contributed by atoms with Gasteiger partial charge in [0.25, 0.3) is 0 Å². The lowest BCUT2D eigenvalue weighted by Gasteiger charge is -2.29. The van der Waals surface area contributed by atoms with Gasteiger partial charge in [0.2, 0.25) is 15.9 Å². The monoisotopic (exact) mass is 463 g/mol. The highest BCUT2D eigenvalue weighted by Gasteiger charge is 2.30. The second-order valence-electron chi connectivity index (χ2n) is 7.16. The van der Waals surface area contributed by atoms with Gasteiger partial charge in [0, 0.05) is 18.8 Å². The first-order chi connectivity index (χ1) is 14.6. The minimum atomic E-state index is -3.78. The van der Waals surface area contributed by atoms with E-state index in [0.29, 0.717) is 36.1 Å². The average Bonchev–Trinajstić information content (AvgIpc) is 3.00. The number of rotatable bonds is 5. The number of nitrogens with one attached hydrogen (secondary N) is 1. The van der Waals surface area contributed by atoms with Crippen LogP contribution in [-0.2, 0) is 21.9 Å². The number of amides is 1. The lowest BCUT2D eigenvalue weighted by molar-refractivity contribution is -0.116. The number of hydrogen-bond donors (Lipinski definition) is 1. The molecule has 0 saturated heterocycles. The highest BCUT2D eigenvalue weighted by atomic mass is 32.2. The Kier molecular flexibility index (Phi) is 5.40. The van der Waals surface area contributed by atoms with Gasteiger partial charge in [-0.2, -0.15) is 0 Å². The van der Waals surface area contributed by atoms with Crippen molar-refractivity contribution in [3.8, 4) is 11.5 Å². The standard InChI is InChI=1S/C20H21N3O6S2/c1-12(19(24)21-13-4-6-15-18(10-13)30-20(25)22(15)2)23(31(3,26)27)14-5-7-16-17(11-14)29-9-8-28-16/h4-7,10-12H,8-9H2,1-3H3,(H,21,24)/t12-/m1/s1. The first kappa shape index (κ1) is 21.2. The molecule has 1 N–H and O–H groups in total. The van der Waals surface area contributed by atoms with Crippen LogP contribution in [-0.4, -0.2) is 44.4 Å². The Balaban J connectivity index is 1.62. The molecule has 0 fully saturated rings. The van der Waals surface area contributed by atoms with Crippen molar-refractivity contribution in [2.75, 3.05) is 29.1 Å². The van der Waals surface area contributed by atoms with Crippen LogP contribution in [0, 0.1) is 0 Å². The van der Waals surface area contributed by atoms with Gasteiger partial charge in [-0.3, -0.25) is 13.9 Å². The zero-order valence-electron chi connectivity index (χ0n) is 17.1. The molecule has 0 aliphatic carbocycles. The molecule has 1 atom stereocenters. The first-order valence-corrected chi connectivity index (χ1v) is 12.1. The van der Waals surface area contributed by atoms with E-state index >= 15 is 0 Å². The van der Waals surface area contributed by atoms with Crippen molar-refractivity contribution < 1.29 is 22.7 Å². The molecule has 0 bridgehead atoms. The molecule has 1 aliphatic rings. The molecule has 4 rings (SSSR count). The third-order valence-corrected chi connectivity index (χ3v) is 7.17. The fourth-order valence-electron chi connectivity index (χ4n) is 3.44. The maximum absolute atomic E-state index is 12.9. The molecule has 2 heterocycles. The highest BCUT2D eigenvalue weighted by molar-refractivity contribution is 7.92. The van der Waals surface area contributed by atoms with Crippen LogP contribution in [0.1, 0.15) is 6.92 Å². The molecule has 164 valence electrons. The summed E-state index contributed by atoms with van der Waals surface area (Å²) in [6.07, 6.45) is 1.04. The largest absolute Gasteiger partial charge is 0.486 e. The number of anilines is 2. The Morgan fingerprint density at radius 2 is 1.87 bits per heavy atom. The zero-order valence-corrected chi connectivity index (χ0v) is 18.7. The summed E-state index contributed by atoms with van der Waals surface area (Å²) in [7, 11) is -2.11. The van der Waals surface area contributed by atoms with E-state index in [1.807, 2.05) is 0 Å². The quantitative estimate of drug-likeness (QED) is 0.622. The Morgan fingerprint density at radius 3 is 2.58 bits per heavy atom. The fraction of sp³-hybridized carbons (Fsp3) is 0.300. The van der Waals surface area contributed by atoms with Gasteiger partial charge in [0.15, 0.2) is 11.5 Å². The van der Waals surface area contributed by atoms with Crippen LogP contribution in [0.5, 0.6) is 11.5 Å². The van der Waals surface area contributed by atoms with Gasteiger partial charge < -0.3 is 19.4 Å². The summed E-state index contributed by atoms with van der Waals surface area (Å²) in [5, 5.41) is 2.74. The summed E-state index contributed by atoms with van der Waals surface area (Å²) < 4.78 is 39.4. The Morgan fingerprint density at radius 1 is 1.16 bits per heavy atom. The van der Waals surface area contributed by atoms with E-state index in [0.717, 1.165) is 32.1 Å². The molecular weight excluding hydrogens is 442 g/mol. The number of nitrogens with zero attached hydrogens (tertiary/aromatic N) is 2. The molecule has 2 aromatic carbocycles. The summed E-state index contributed by atoms with van der Waals surface area (Å²) in [6, 6.07) is 8.82. The van der Waals surface area contributed by atoms with Gasteiger partial charge in [-0.25, -0.2) is 8.42 Å². The molecule has 9 nitrogen and oxygen atoms in total. The molecule has 31 heavy (non-hydrogen) atoms. The molecule has 1 aromatic heterocycles. The van der Waals surface area contributed by atoms with Crippen LogP contribution in [0.25, 0.3) is 10.2 Å². The van der Waals surface area contributed by atoms with Crippen molar-refractivity contribution in [2.24, 2.45) is 7.05 Å². The number of carbonyl (C=O) groups is 1. The maximum Gasteiger partial charge on any atom is 0.307 e. The van der Waals surface area contributed by atoms with Crippen molar-refractivity contribution in [3.05, 3.63) is 46.1 Å². The number of sulfonamides is 1. The third-order valence-electron chi connectivity index (χ3n) is 4.93. The number of aryl methyl sites for hydroxylation is 1. The number of carbonyl (C=O) groups excluding carboxylic acids is 1. The number of benzene rings is 2. The third kappa shape index (κ3) is 4.10. The molecule has 0 radical (unpaired) electrons. The predicted molar refractivity (Wildman–Crippen MR) is 120 cm³/mol. The molecule has 1 aliphatic heterocycles.